The molecule has 0 saturated heterocycles. The van der Waals surface area contributed by atoms with Gasteiger partial charge in [0.05, 0.1) is 20.8 Å². The van der Waals surface area contributed by atoms with Crippen LogP contribution in [0.25, 0.3) is 0 Å². The Morgan fingerprint density at radius 3 is 2.67 bits per heavy atom. The van der Waals surface area contributed by atoms with E-state index in [2.05, 4.69) is 4.99 Å². The zero-order valence-corrected chi connectivity index (χ0v) is 12.2. The standard InChI is InChI=1S/C15H17NO5/c1-4-21-14(18)15(16-9-17)8-11(15)10-5-6-12(19-2)13(7-10)20-3/h5-7,11H,4,8H2,1-3H3. The fraction of sp³-hybridized carbons (Fsp3) is 0.467. The summed E-state index contributed by atoms with van der Waals surface area (Å²) in [4.78, 5) is 26.3. The van der Waals surface area contributed by atoms with E-state index in [0.717, 1.165) is 5.56 Å². The average molecular weight is 291 g/mol. The van der Waals surface area contributed by atoms with Gasteiger partial charge in [-0.25, -0.2) is 9.59 Å². The van der Waals surface area contributed by atoms with E-state index in [-0.39, 0.29) is 12.5 Å². The fourth-order valence-corrected chi connectivity index (χ4v) is 2.45. The average Bonchev–Trinajstić information content (AvgIpc) is 3.23. The number of hydrogen-bond donors (Lipinski definition) is 0. The predicted molar refractivity (Wildman–Crippen MR) is 74.4 cm³/mol. The van der Waals surface area contributed by atoms with Gasteiger partial charge in [0.15, 0.2) is 17.0 Å². The van der Waals surface area contributed by atoms with Crippen molar-refractivity contribution in [1.29, 1.82) is 0 Å². The number of isocyanates is 1. The first-order valence-corrected chi connectivity index (χ1v) is 6.61. The first-order chi connectivity index (χ1) is 10.1. The van der Waals surface area contributed by atoms with E-state index in [1.807, 2.05) is 6.07 Å². The second kappa shape index (κ2) is 5.97. The van der Waals surface area contributed by atoms with Crippen LogP contribution in [-0.2, 0) is 14.3 Å². The number of ether oxygens (including phenoxy) is 3. The molecular formula is C15H17NO5. The molecule has 0 aliphatic heterocycles. The van der Waals surface area contributed by atoms with Crippen LogP contribution < -0.4 is 9.47 Å². The van der Waals surface area contributed by atoms with Gasteiger partial charge in [0.2, 0.25) is 6.08 Å². The third-order valence-electron chi connectivity index (χ3n) is 3.62. The van der Waals surface area contributed by atoms with E-state index >= 15 is 0 Å². The Kier molecular flexibility index (Phi) is 4.29. The molecule has 0 aromatic heterocycles. The van der Waals surface area contributed by atoms with Crippen molar-refractivity contribution < 1.29 is 23.8 Å². The minimum atomic E-state index is -1.14. The Balaban J connectivity index is 2.31. The Hall–Kier alpha value is -2.33. The molecule has 6 nitrogen and oxygen atoms in total. The molecule has 2 unspecified atom stereocenters. The number of carbonyl (C=O) groups excluding carboxylic acids is 2. The van der Waals surface area contributed by atoms with Crippen molar-refractivity contribution in [2.75, 3.05) is 20.8 Å². The van der Waals surface area contributed by atoms with Crippen LogP contribution >= 0.6 is 0 Å². The number of nitrogens with zero attached hydrogens (tertiary/aromatic N) is 1. The summed E-state index contributed by atoms with van der Waals surface area (Å²) in [5, 5.41) is 0. The number of esters is 1. The van der Waals surface area contributed by atoms with E-state index in [1.165, 1.54) is 13.2 Å². The van der Waals surface area contributed by atoms with Gasteiger partial charge in [0, 0.05) is 5.92 Å². The number of benzene rings is 1. The molecule has 0 radical (unpaired) electrons. The Labute approximate surface area is 122 Å². The smallest absolute Gasteiger partial charge is 0.335 e. The molecule has 2 rings (SSSR count). The van der Waals surface area contributed by atoms with Gasteiger partial charge in [-0.3, -0.25) is 0 Å². The second-order valence-corrected chi connectivity index (χ2v) is 4.72. The van der Waals surface area contributed by atoms with Gasteiger partial charge in [0.25, 0.3) is 0 Å². The van der Waals surface area contributed by atoms with Crippen LogP contribution in [-0.4, -0.2) is 38.4 Å². The normalized spacial score (nSPS) is 22.9. The van der Waals surface area contributed by atoms with Gasteiger partial charge in [-0.05, 0) is 31.0 Å². The molecule has 1 saturated carbocycles. The van der Waals surface area contributed by atoms with Gasteiger partial charge >= 0.3 is 5.97 Å². The first kappa shape index (κ1) is 15.1. The van der Waals surface area contributed by atoms with E-state index in [9.17, 15) is 9.59 Å². The molecule has 1 aromatic carbocycles. The summed E-state index contributed by atoms with van der Waals surface area (Å²) < 4.78 is 15.4. The van der Waals surface area contributed by atoms with Crippen molar-refractivity contribution in [2.24, 2.45) is 4.99 Å². The number of carbonyl (C=O) groups is 1. The summed E-state index contributed by atoms with van der Waals surface area (Å²) in [6.07, 6.45) is 1.91. The SMILES string of the molecule is CCOC(=O)C1(N=C=O)CC1c1ccc(OC)c(OC)c1. The summed E-state index contributed by atoms with van der Waals surface area (Å²) in [5.41, 5.74) is -0.295. The maximum absolute atomic E-state index is 12.0. The molecule has 0 N–H and O–H groups in total. The van der Waals surface area contributed by atoms with Crippen LogP contribution in [0.4, 0.5) is 0 Å². The number of methoxy groups -OCH3 is 2. The van der Waals surface area contributed by atoms with Gasteiger partial charge in [-0.2, -0.15) is 4.99 Å². The minimum Gasteiger partial charge on any atom is -0.493 e. The van der Waals surface area contributed by atoms with Crippen molar-refractivity contribution in [1.82, 2.24) is 0 Å². The van der Waals surface area contributed by atoms with Crippen LogP contribution in [0.1, 0.15) is 24.8 Å². The molecule has 0 bridgehead atoms. The molecule has 0 spiro atoms. The quantitative estimate of drug-likeness (QED) is 0.454. The number of rotatable bonds is 6. The van der Waals surface area contributed by atoms with E-state index < -0.39 is 11.5 Å². The zero-order chi connectivity index (χ0) is 15.5. The monoisotopic (exact) mass is 291 g/mol. The summed E-state index contributed by atoms with van der Waals surface area (Å²) in [5.74, 6) is 0.461. The van der Waals surface area contributed by atoms with Crippen molar-refractivity contribution in [3.8, 4) is 11.5 Å². The molecule has 21 heavy (non-hydrogen) atoms. The highest BCUT2D eigenvalue weighted by atomic mass is 16.5. The third-order valence-corrected chi connectivity index (χ3v) is 3.62. The lowest BCUT2D eigenvalue weighted by Gasteiger charge is -2.12. The molecular weight excluding hydrogens is 274 g/mol. The largest absolute Gasteiger partial charge is 0.493 e. The number of aliphatic imine (C=N–C) groups is 1. The van der Waals surface area contributed by atoms with Crippen LogP contribution in [0.2, 0.25) is 0 Å². The molecule has 0 heterocycles. The maximum Gasteiger partial charge on any atom is 0.335 e. The van der Waals surface area contributed by atoms with Crippen molar-refractivity contribution in [2.45, 2.75) is 24.8 Å². The zero-order valence-electron chi connectivity index (χ0n) is 12.2. The van der Waals surface area contributed by atoms with Crippen LogP contribution in [0.15, 0.2) is 23.2 Å². The minimum absolute atomic E-state index is 0.210. The molecule has 1 aliphatic rings. The van der Waals surface area contributed by atoms with Gasteiger partial charge in [0.1, 0.15) is 0 Å². The highest BCUT2D eigenvalue weighted by Gasteiger charge is 2.63. The van der Waals surface area contributed by atoms with Crippen LogP contribution in [0, 0.1) is 0 Å². The van der Waals surface area contributed by atoms with E-state index in [1.54, 1.807) is 26.2 Å². The molecule has 6 heteroatoms. The molecule has 1 aromatic rings. The van der Waals surface area contributed by atoms with Gasteiger partial charge in [-0.1, -0.05) is 6.07 Å². The lowest BCUT2D eigenvalue weighted by molar-refractivity contribution is -0.145. The highest BCUT2D eigenvalue weighted by molar-refractivity contribution is 5.88. The molecule has 1 aliphatic carbocycles. The van der Waals surface area contributed by atoms with Gasteiger partial charge < -0.3 is 14.2 Å². The summed E-state index contributed by atoms with van der Waals surface area (Å²) in [7, 11) is 3.09. The summed E-state index contributed by atoms with van der Waals surface area (Å²) in [6.45, 7) is 1.96. The lowest BCUT2D eigenvalue weighted by Crippen LogP contribution is -2.25. The first-order valence-electron chi connectivity index (χ1n) is 6.61. The fourth-order valence-electron chi connectivity index (χ4n) is 2.45. The summed E-state index contributed by atoms with van der Waals surface area (Å²) in [6, 6.07) is 5.37. The summed E-state index contributed by atoms with van der Waals surface area (Å²) >= 11 is 0. The Bertz CT molecular complexity index is 594. The van der Waals surface area contributed by atoms with Crippen molar-refractivity contribution in [3.05, 3.63) is 23.8 Å². The lowest BCUT2D eigenvalue weighted by atomic mass is 10.1. The topological polar surface area (TPSA) is 74.2 Å². The third kappa shape index (κ3) is 2.62. The Morgan fingerprint density at radius 2 is 2.10 bits per heavy atom. The highest BCUT2D eigenvalue weighted by Crippen LogP contribution is 2.56. The molecule has 0 amide bonds. The maximum atomic E-state index is 12.0. The Morgan fingerprint density at radius 1 is 1.38 bits per heavy atom. The van der Waals surface area contributed by atoms with Crippen LogP contribution in [0.5, 0.6) is 11.5 Å². The van der Waals surface area contributed by atoms with Crippen molar-refractivity contribution in [3.63, 3.8) is 0 Å². The number of hydrogen-bond acceptors (Lipinski definition) is 6. The molecule has 112 valence electrons. The van der Waals surface area contributed by atoms with E-state index in [4.69, 9.17) is 14.2 Å². The predicted octanol–water partition coefficient (Wildman–Crippen LogP) is 1.83. The molecule has 1 fully saturated rings. The second-order valence-electron chi connectivity index (χ2n) is 4.72. The van der Waals surface area contributed by atoms with E-state index in [0.29, 0.717) is 17.9 Å². The van der Waals surface area contributed by atoms with Crippen LogP contribution in [0.3, 0.4) is 0 Å². The van der Waals surface area contributed by atoms with Crippen molar-refractivity contribution >= 4 is 12.0 Å². The van der Waals surface area contributed by atoms with Gasteiger partial charge in [-0.15, -0.1) is 0 Å². The molecule has 2 atom stereocenters.